The number of carbonyl (C=O) groups is 4. The largest absolute Gasteiger partial charge is 0.458 e. The van der Waals surface area contributed by atoms with Crippen LogP contribution >= 0.6 is 12.6 Å². The zero-order valence-electron chi connectivity index (χ0n) is 29.6. The summed E-state index contributed by atoms with van der Waals surface area (Å²) in [6.45, 7) is 16.7. The quantitative estimate of drug-likeness (QED) is 0.111. The molecule has 2 aromatic rings. The number of carbonyl (C=O) groups excluding carboxylic acids is 4. The Labute approximate surface area is 286 Å². The van der Waals surface area contributed by atoms with Gasteiger partial charge in [0.25, 0.3) is 0 Å². The fourth-order valence-corrected chi connectivity index (χ4v) is 5.51. The van der Waals surface area contributed by atoms with E-state index < -0.39 is 53.2 Å². The number of thiol groups is 1. The number of hydrogen-bond acceptors (Lipinski definition) is 7. The van der Waals surface area contributed by atoms with Crippen molar-refractivity contribution in [1.82, 2.24) is 15.5 Å². The van der Waals surface area contributed by atoms with E-state index in [1.54, 1.807) is 41.5 Å². The van der Waals surface area contributed by atoms with E-state index in [-0.39, 0.29) is 18.7 Å². The van der Waals surface area contributed by atoms with Gasteiger partial charge in [-0.25, -0.2) is 9.59 Å². The van der Waals surface area contributed by atoms with Crippen molar-refractivity contribution >= 4 is 36.5 Å². The third-order valence-electron chi connectivity index (χ3n) is 7.37. The molecular weight excluding hydrogens is 614 g/mol. The fraction of sp³-hybridized carbons (Fsp3) is 0.568. The first-order chi connectivity index (χ1) is 22.0. The lowest BCUT2D eigenvalue weighted by atomic mass is 9.93. The summed E-state index contributed by atoms with van der Waals surface area (Å²) >= 11 is 4.41. The first-order valence-corrected chi connectivity index (χ1v) is 17.1. The molecule has 3 unspecified atom stereocenters. The van der Waals surface area contributed by atoms with E-state index in [1.165, 1.54) is 4.90 Å². The number of aryl methyl sites for hydroxylation is 2. The highest BCUT2D eigenvalue weighted by Gasteiger charge is 2.39. The molecule has 0 saturated heterocycles. The van der Waals surface area contributed by atoms with E-state index >= 15 is 0 Å². The number of unbranched alkanes of at least 4 members (excludes halogenated alkanes) is 3. The highest BCUT2D eigenvalue weighted by molar-refractivity contribution is 7.80. The zero-order valence-corrected chi connectivity index (χ0v) is 30.5. The number of hydrogen-bond donors (Lipinski definition) is 3. The van der Waals surface area contributed by atoms with Crippen molar-refractivity contribution in [1.29, 1.82) is 0 Å². The molecule has 2 rings (SSSR count). The van der Waals surface area contributed by atoms with E-state index in [0.717, 1.165) is 36.0 Å². The molecule has 9 nitrogen and oxygen atoms in total. The van der Waals surface area contributed by atoms with Crippen LogP contribution in [0.2, 0.25) is 0 Å². The summed E-state index contributed by atoms with van der Waals surface area (Å²) in [6, 6.07) is 11.9. The lowest BCUT2D eigenvalue weighted by molar-refractivity contribution is -0.159. The van der Waals surface area contributed by atoms with Crippen LogP contribution in [-0.4, -0.2) is 64.4 Å². The average Bonchev–Trinajstić information content (AvgIpc) is 2.96. The van der Waals surface area contributed by atoms with Crippen LogP contribution in [0, 0.1) is 13.8 Å². The molecule has 0 fully saturated rings. The highest BCUT2D eigenvalue weighted by atomic mass is 32.1. The molecule has 0 radical (unpaired) electrons. The van der Waals surface area contributed by atoms with Crippen LogP contribution in [0.5, 0.6) is 0 Å². The van der Waals surface area contributed by atoms with Gasteiger partial charge in [-0.15, -0.1) is 0 Å². The van der Waals surface area contributed by atoms with Crippen molar-refractivity contribution in [3.05, 3.63) is 70.8 Å². The molecule has 10 heteroatoms. The molecular formula is C37H55N3O6S. The Bertz CT molecular complexity index is 1320. The van der Waals surface area contributed by atoms with E-state index in [9.17, 15) is 19.2 Å². The number of benzene rings is 2. The minimum atomic E-state index is -1.10. The molecule has 2 aromatic carbocycles. The first kappa shape index (κ1) is 39.6. The molecule has 0 heterocycles. The van der Waals surface area contributed by atoms with Crippen LogP contribution < -0.4 is 10.6 Å². The average molecular weight is 670 g/mol. The van der Waals surface area contributed by atoms with Gasteiger partial charge >= 0.3 is 12.1 Å². The van der Waals surface area contributed by atoms with Gasteiger partial charge in [0, 0.05) is 18.7 Å². The second-order valence-electron chi connectivity index (χ2n) is 14.0. The highest BCUT2D eigenvalue weighted by Crippen LogP contribution is 2.30. The van der Waals surface area contributed by atoms with Crippen LogP contribution in [-0.2, 0) is 30.3 Å². The maximum atomic E-state index is 14.6. The molecule has 0 aromatic heterocycles. The third-order valence-corrected chi connectivity index (χ3v) is 7.74. The molecule has 3 atom stereocenters. The molecule has 47 heavy (non-hydrogen) atoms. The first-order valence-electron chi connectivity index (χ1n) is 16.5. The van der Waals surface area contributed by atoms with E-state index in [2.05, 4.69) is 30.2 Å². The molecule has 0 spiro atoms. The van der Waals surface area contributed by atoms with Crippen molar-refractivity contribution in [2.24, 2.45) is 0 Å². The minimum Gasteiger partial charge on any atom is -0.458 e. The third kappa shape index (κ3) is 13.2. The number of nitrogens with zero attached hydrogens (tertiary/aromatic N) is 1. The molecule has 260 valence electrons. The lowest BCUT2D eigenvalue weighted by Crippen LogP contribution is -2.56. The van der Waals surface area contributed by atoms with Crippen molar-refractivity contribution in [3.8, 4) is 0 Å². The summed E-state index contributed by atoms with van der Waals surface area (Å²) in [6.07, 6.45) is 2.89. The van der Waals surface area contributed by atoms with E-state index in [0.29, 0.717) is 12.0 Å². The molecule has 0 aliphatic carbocycles. The lowest BCUT2D eigenvalue weighted by Gasteiger charge is -2.36. The number of alkyl carbamates (subject to hydrolysis) is 1. The number of nitrogens with one attached hydrogen (secondary N) is 2. The van der Waals surface area contributed by atoms with Gasteiger partial charge in [0.15, 0.2) is 0 Å². The normalized spacial score (nSPS) is 13.6. The van der Waals surface area contributed by atoms with Gasteiger partial charge in [0.05, 0.1) is 0 Å². The Morgan fingerprint density at radius 3 is 1.91 bits per heavy atom. The smallest absolute Gasteiger partial charge is 0.408 e. The Hall–Kier alpha value is -3.53. The number of ether oxygens (including phenoxy) is 2. The van der Waals surface area contributed by atoms with Gasteiger partial charge in [-0.2, -0.15) is 12.6 Å². The van der Waals surface area contributed by atoms with Gasteiger partial charge in [-0.3, -0.25) is 9.59 Å². The summed E-state index contributed by atoms with van der Waals surface area (Å²) < 4.78 is 11.2. The molecule has 0 aliphatic heterocycles. The zero-order chi connectivity index (χ0) is 35.4. The van der Waals surface area contributed by atoms with Crippen LogP contribution in [0.1, 0.15) is 102 Å². The number of rotatable bonds is 15. The molecule has 0 bridgehead atoms. The molecule has 3 amide bonds. The second kappa shape index (κ2) is 18.1. The van der Waals surface area contributed by atoms with E-state index in [1.807, 2.05) is 62.4 Å². The summed E-state index contributed by atoms with van der Waals surface area (Å²) in [5, 5.41) is 5.63. The van der Waals surface area contributed by atoms with Crippen LogP contribution in [0.25, 0.3) is 0 Å². The van der Waals surface area contributed by atoms with Gasteiger partial charge in [-0.1, -0.05) is 74.7 Å². The molecule has 0 aliphatic rings. The number of esters is 1. The van der Waals surface area contributed by atoms with E-state index in [4.69, 9.17) is 9.47 Å². The monoisotopic (exact) mass is 669 g/mol. The summed E-state index contributed by atoms with van der Waals surface area (Å²) in [5.74, 6) is -1.58. The van der Waals surface area contributed by atoms with Crippen molar-refractivity contribution in [3.63, 3.8) is 0 Å². The van der Waals surface area contributed by atoms with Gasteiger partial charge < -0.3 is 25.0 Å². The van der Waals surface area contributed by atoms with Crippen molar-refractivity contribution in [2.75, 3.05) is 12.3 Å². The van der Waals surface area contributed by atoms with Gasteiger partial charge in [0.1, 0.15) is 29.3 Å². The Balaban J connectivity index is 2.64. The Kier molecular flexibility index (Phi) is 15.3. The maximum absolute atomic E-state index is 14.6. The Morgan fingerprint density at radius 1 is 0.787 bits per heavy atom. The second-order valence-corrected chi connectivity index (χ2v) is 14.3. The number of amides is 3. The standard InChI is InChI=1S/C37H55N3O6S/c1-10-11-12-16-22-40(33(42)29(24-47)39-35(44)46-37(7,8)9)31(30-25(2)18-17-19-26(30)3)32(41)38-28(34(43)45-36(4,5)6)23-27-20-14-13-15-21-27/h13-15,17-21,28-29,31,47H,10-12,16,22-24H2,1-9H3,(H,38,41)(H,39,44). The maximum Gasteiger partial charge on any atom is 0.408 e. The van der Waals surface area contributed by atoms with Gasteiger partial charge in [0.2, 0.25) is 11.8 Å². The van der Waals surface area contributed by atoms with Crippen molar-refractivity contribution in [2.45, 2.75) is 124 Å². The van der Waals surface area contributed by atoms with Crippen LogP contribution in [0.3, 0.4) is 0 Å². The summed E-state index contributed by atoms with van der Waals surface area (Å²) in [5.41, 5.74) is 1.58. The van der Waals surface area contributed by atoms with Gasteiger partial charge in [-0.05, 0) is 84.1 Å². The van der Waals surface area contributed by atoms with Crippen molar-refractivity contribution < 1.29 is 28.7 Å². The van der Waals surface area contributed by atoms with Crippen LogP contribution in [0.15, 0.2) is 48.5 Å². The summed E-state index contributed by atoms with van der Waals surface area (Å²) in [7, 11) is 0. The Morgan fingerprint density at radius 2 is 1.38 bits per heavy atom. The topological polar surface area (TPSA) is 114 Å². The summed E-state index contributed by atoms with van der Waals surface area (Å²) in [4.78, 5) is 56.9. The SMILES string of the molecule is CCCCCCN(C(=O)C(CS)NC(=O)OC(C)(C)C)C(C(=O)NC(Cc1ccccc1)C(=O)OC(C)(C)C)c1c(C)cccc1C. The predicted molar refractivity (Wildman–Crippen MR) is 189 cm³/mol. The molecule has 0 saturated carbocycles. The van der Waals surface area contributed by atoms with Crippen LogP contribution in [0.4, 0.5) is 4.79 Å². The predicted octanol–water partition coefficient (Wildman–Crippen LogP) is 6.65. The fourth-order valence-electron chi connectivity index (χ4n) is 5.26. The molecule has 2 N–H and O–H groups in total. The minimum absolute atomic E-state index is 0.0147.